The van der Waals surface area contributed by atoms with Gasteiger partial charge in [-0.05, 0) is 50.4 Å². The number of hydrogen-bond donors (Lipinski definition) is 0. The Morgan fingerprint density at radius 2 is 1.76 bits per heavy atom. The first-order valence-corrected chi connectivity index (χ1v) is 7.17. The molecule has 0 aliphatic carbocycles. The Balaban J connectivity index is 1.74. The Labute approximate surface area is 106 Å². The zero-order valence-corrected chi connectivity index (χ0v) is 11.1. The van der Waals surface area contributed by atoms with Crippen molar-refractivity contribution in [1.82, 2.24) is 4.90 Å². The van der Waals surface area contributed by atoms with Gasteiger partial charge in [-0.2, -0.15) is 0 Å². The summed E-state index contributed by atoms with van der Waals surface area (Å²) in [4.78, 5) is 2.65. The molecule has 0 unspecified atom stereocenters. The third-order valence-corrected chi connectivity index (χ3v) is 3.94. The molecule has 0 N–H and O–H groups in total. The van der Waals surface area contributed by atoms with Crippen molar-refractivity contribution in [3.63, 3.8) is 0 Å². The van der Waals surface area contributed by atoms with Crippen LogP contribution in [0.25, 0.3) is 0 Å². The van der Waals surface area contributed by atoms with Gasteiger partial charge in [0.1, 0.15) is 0 Å². The van der Waals surface area contributed by atoms with Crippen molar-refractivity contribution in [3.05, 3.63) is 35.9 Å². The van der Waals surface area contributed by atoms with E-state index in [1.165, 1.54) is 51.7 Å². The third kappa shape index (κ3) is 3.85. The Morgan fingerprint density at radius 3 is 2.41 bits per heavy atom. The van der Waals surface area contributed by atoms with Crippen LogP contribution in [0.4, 0.5) is 0 Å². The zero-order chi connectivity index (χ0) is 11.9. The van der Waals surface area contributed by atoms with Crippen molar-refractivity contribution in [2.45, 2.75) is 44.9 Å². The molecule has 1 aromatic rings. The summed E-state index contributed by atoms with van der Waals surface area (Å²) in [6, 6.07) is 11.0. The lowest BCUT2D eigenvalue weighted by molar-refractivity contribution is 0.208. The fraction of sp³-hybridized carbons (Fsp3) is 0.625. The van der Waals surface area contributed by atoms with Crippen molar-refractivity contribution in [2.75, 3.05) is 19.6 Å². The van der Waals surface area contributed by atoms with E-state index < -0.39 is 0 Å². The van der Waals surface area contributed by atoms with E-state index in [1.807, 2.05) is 0 Å². The normalized spacial score (nSPS) is 18.4. The Kier molecular flexibility index (Phi) is 5.06. The van der Waals surface area contributed by atoms with E-state index in [9.17, 15) is 0 Å². The van der Waals surface area contributed by atoms with Gasteiger partial charge in [-0.3, -0.25) is 0 Å². The highest BCUT2D eigenvalue weighted by atomic mass is 15.1. The summed E-state index contributed by atoms with van der Waals surface area (Å²) in [6.07, 6.45) is 6.79. The summed E-state index contributed by atoms with van der Waals surface area (Å²) < 4.78 is 0. The number of benzene rings is 1. The highest BCUT2D eigenvalue weighted by Crippen LogP contribution is 2.27. The highest BCUT2D eigenvalue weighted by Gasteiger charge is 2.19. The van der Waals surface area contributed by atoms with Gasteiger partial charge in [-0.25, -0.2) is 0 Å². The minimum atomic E-state index is 0.804. The summed E-state index contributed by atoms with van der Waals surface area (Å²) >= 11 is 0. The number of nitrogens with zero attached hydrogens (tertiary/aromatic N) is 1. The molecule has 0 radical (unpaired) electrons. The molecule has 1 heteroatoms. The van der Waals surface area contributed by atoms with Gasteiger partial charge in [0.15, 0.2) is 0 Å². The Hall–Kier alpha value is -0.820. The molecule has 0 amide bonds. The molecule has 0 spiro atoms. The molecule has 0 aromatic heterocycles. The van der Waals surface area contributed by atoms with Gasteiger partial charge in [0.05, 0.1) is 0 Å². The molecule has 1 aliphatic rings. The molecule has 1 saturated heterocycles. The molecular formula is C16H25N. The van der Waals surface area contributed by atoms with E-state index in [0.29, 0.717) is 0 Å². The molecule has 0 saturated carbocycles. The molecule has 17 heavy (non-hydrogen) atoms. The van der Waals surface area contributed by atoms with Gasteiger partial charge in [-0.15, -0.1) is 0 Å². The smallest absolute Gasteiger partial charge is 0.00129 e. The first-order chi connectivity index (χ1) is 8.40. The van der Waals surface area contributed by atoms with Crippen molar-refractivity contribution >= 4 is 0 Å². The maximum atomic E-state index is 2.65. The fourth-order valence-corrected chi connectivity index (χ4v) is 2.80. The van der Waals surface area contributed by atoms with Gasteiger partial charge in [0.25, 0.3) is 0 Å². The maximum Gasteiger partial charge on any atom is -0.00129 e. The molecular weight excluding hydrogens is 206 g/mol. The number of rotatable bonds is 5. The predicted octanol–water partition coefficient (Wildman–Crippen LogP) is 4.06. The second-order valence-corrected chi connectivity index (χ2v) is 5.23. The average molecular weight is 231 g/mol. The van der Waals surface area contributed by atoms with Crippen molar-refractivity contribution in [3.8, 4) is 0 Å². The SMILES string of the molecule is CCCCCN1CCC(c2ccccc2)CC1. The van der Waals surface area contributed by atoms with Crippen molar-refractivity contribution in [1.29, 1.82) is 0 Å². The second-order valence-electron chi connectivity index (χ2n) is 5.23. The van der Waals surface area contributed by atoms with Crippen LogP contribution in [0.5, 0.6) is 0 Å². The number of unbranched alkanes of at least 4 members (excludes halogenated alkanes) is 2. The predicted molar refractivity (Wildman–Crippen MR) is 74.4 cm³/mol. The second kappa shape index (κ2) is 6.80. The lowest BCUT2D eigenvalue weighted by atomic mass is 9.89. The van der Waals surface area contributed by atoms with Crippen LogP contribution in [-0.2, 0) is 0 Å². The molecule has 1 nitrogen and oxygen atoms in total. The van der Waals surface area contributed by atoms with E-state index >= 15 is 0 Å². The van der Waals surface area contributed by atoms with Crippen LogP contribution in [0.2, 0.25) is 0 Å². The van der Waals surface area contributed by atoms with Gasteiger partial charge in [0, 0.05) is 0 Å². The lowest BCUT2D eigenvalue weighted by Crippen LogP contribution is -2.33. The van der Waals surface area contributed by atoms with E-state index in [0.717, 1.165) is 5.92 Å². The maximum absolute atomic E-state index is 2.65. The Morgan fingerprint density at radius 1 is 1.06 bits per heavy atom. The molecule has 1 aliphatic heterocycles. The van der Waals surface area contributed by atoms with Crippen LogP contribution in [0.15, 0.2) is 30.3 Å². The first-order valence-electron chi connectivity index (χ1n) is 7.17. The minimum absolute atomic E-state index is 0.804. The standard InChI is InChI=1S/C16H25N/c1-2-3-7-12-17-13-10-16(11-14-17)15-8-5-4-6-9-15/h4-6,8-9,16H,2-3,7,10-14H2,1H3. The highest BCUT2D eigenvalue weighted by molar-refractivity contribution is 5.19. The monoisotopic (exact) mass is 231 g/mol. The number of likely N-dealkylation sites (tertiary alicyclic amines) is 1. The molecule has 2 rings (SSSR count). The first kappa shape index (κ1) is 12.6. The molecule has 0 atom stereocenters. The zero-order valence-electron chi connectivity index (χ0n) is 11.1. The van der Waals surface area contributed by atoms with E-state index in [2.05, 4.69) is 42.2 Å². The van der Waals surface area contributed by atoms with Crippen LogP contribution >= 0.6 is 0 Å². The summed E-state index contributed by atoms with van der Waals surface area (Å²) in [7, 11) is 0. The molecule has 0 bridgehead atoms. The van der Waals surface area contributed by atoms with E-state index in [1.54, 1.807) is 5.56 Å². The molecule has 1 aromatic carbocycles. The van der Waals surface area contributed by atoms with Crippen molar-refractivity contribution in [2.24, 2.45) is 0 Å². The third-order valence-electron chi connectivity index (χ3n) is 3.94. The lowest BCUT2D eigenvalue weighted by Gasteiger charge is -2.32. The molecule has 1 heterocycles. The number of piperidine rings is 1. The van der Waals surface area contributed by atoms with Crippen LogP contribution < -0.4 is 0 Å². The van der Waals surface area contributed by atoms with Crippen LogP contribution in [0.3, 0.4) is 0 Å². The van der Waals surface area contributed by atoms with Gasteiger partial charge in [0.2, 0.25) is 0 Å². The minimum Gasteiger partial charge on any atom is -0.303 e. The van der Waals surface area contributed by atoms with Crippen LogP contribution in [0, 0.1) is 0 Å². The van der Waals surface area contributed by atoms with Crippen molar-refractivity contribution < 1.29 is 0 Å². The fourth-order valence-electron chi connectivity index (χ4n) is 2.80. The summed E-state index contributed by atoms with van der Waals surface area (Å²) in [5.41, 5.74) is 1.54. The van der Waals surface area contributed by atoms with Gasteiger partial charge in [-0.1, -0.05) is 50.1 Å². The van der Waals surface area contributed by atoms with Crippen LogP contribution in [0.1, 0.15) is 50.5 Å². The average Bonchev–Trinajstić information content (AvgIpc) is 2.41. The molecule has 1 fully saturated rings. The number of hydrogen-bond acceptors (Lipinski definition) is 1. The summed E-state index contributed by atoms with van der Waals surface area (Å²) in [5.74, 6) is 0.804. The topological polar surface area (TPSA) is 3.24 Å². The molecule has 94 valence electrons. The Bertz CT molecular complexity index is 299. The van der Waals surface area contributed by atoms with E-state index in [-0.39, 0.29) is 0 Å². The van der Waals surface area contributed by atoms with E-state index in [4.69, 9.17) is 0 Å². The van der Waals surface area contributed by atoms with Gasteiger partial charge < -0.3 is 4.90 Å². The summed E-state index contributed by atoms with van der Waals surface area (Å²) in [5, 5.41) is 0. The largest absolute Gasteiger partial charge is 0.303 e. The quantitative estimate of drug-likeness (QED) is 0.691. The summed E-state index contributed by atoms with van der Waals surface area (Å²) in [6.45, 7) is 6.18. The van der Waals surface area contributed by atoms with Crippen LogP contribution in [-0.4, -0.2) is 24.5 Å². The van der Waals surface area contributed by atoms with Gasteiger partial charge >= 0.3 is 0 Å².